The lowest BCUT2D eigenvalue weighted by atomic mass is 10.2. The van der Waals surface area contributed by atoms with Gasteiger partial charge in [-0.05, 0) is 40.2 Å². The molecule has 1 aromatic carbocycles. The quantitative estimate of drug-likeness (QED) is 0.768. The molecule has 0 amide bonds. The summed E-state index contributed by atoms with van der Waals surface area (Å²) in [5.74, 6) is -0.780. The number of nitrogens with zero attached hydrogens (tertiary/aromatic N) is 1. The summed E-state index contributed by atoms with van der Waals surface area (Å²) >= 11 is 6.33. The monoisotopic (exact) mass is 437 g/mol. The van der Waals surface area contributed by atoms with E-state index < -0.39 is 20.7 Å². The zero-order chi connectivity index (χ0) is 15.6. The third kappa shape index (κ3) is 3.79. The van der Waals surface area contributed by atoms with Gasteiger partial charge in [-0.15, -0.1) is 0 Å². The first-order valence-corrected chi connectivity index (χ1v) is 8.73. The van der Waals surface area contributed by atoms with Crippen molar-refractivity contribution in [2.45, 2.75) is 11.4 Å². The number of benzene rings is 1. The van der Waals surface area contributed by atoms with Gasteiger partial charge in [0.05, 0.1) is 0 Å². The molecule has 1 heterocycles. The largest absolute Gasteiger partial charge is 0.326 e. The van der Waals surface area contributed by atoms with E-state index in [4.69, 9.17) is 5.73 Å². The zero-order valence-corrected chi connectivity index (χ0v) is 14.5. The fourth-order valence-corrected chi connectivity index (χ4v) is 3.64. The lowest BCUT2D eigenvalue weighted by molar-refractivity contribution is 0.560. The number of aromatic nitrogens is 1. The summed E-state index contributed by atoms with van der Waals surface area (Å²) in [7, 11) is -4.10. The van der Waals surface area contributed by atoms with Crippen LogP contribution in [-0.4, -0.2) is 13.4 Å². The highest BCUT2D eigenvalue weighted by Gasteiger charge is 2.22. The molecular weight excluding hydrogens is 429 g/mol. The van der Waals surface area contributed by atoms with E-state index in [0.717, 1.165) is 0 Å². The Morgan fingerprint density at radius 3 is 2.52 bits per heavy atom. The highest BCUT2D eigenvalue weighted by Crippen LogP contribution is 2.25. The standard InChI is InChI=1S/C12H10Br2FN3O2S/c13-8-1-2-11(17-6-8)18-21(19,20)10-4-9(14)3-7(5-16)12(10)15/h1-4,6H,5,16H2,(H,17,18). The first kappa shape index (κ1) is 16.3. The minimum Gasteiger partial charge on any atom is -0.326 e. The van der Waals surface area contributed by atoms with Gasteiger partial charge in [0, 0.05) is 27.3 Å². The molecule has 0 radical (unpaired) electrons. The second-order valence-corrected chi connectivity index (χ2v) is 7.53. The fourth-order valence-electron chi connectivity index (χ4n) is 1.59. The summed E-state index contributed by atoms with van der Waals surface area (Å²) in [6, 6.07) is 5.69. The lowest BCUT2D eigenvalue weighted by Crippen LogP contribution is -2.17. The van der Waals surface area contributed by atoms with Crippen LogP contribution in [0, 0.1) is 5.82 Å². The van der Waals surface area contributed by atoms with Crippen LogP contribution in [0.3, 0.4) is 0 Å². The van der Waals surface area contributed by atoms with Gasteiger partial charge < -0.3 is 5.73 Å². The van der Waals surface area contributed by atoms with Crippen molar-refractivity contribution in [2.75, 3.05) is 4.72 Å². The molecule has 0 atom stereocenters. The maximum Gasteiger partial charge on any atom is 0.266 e. The number of pyridine rings is 1. The minimum atomic E-state index is -4.10. The summed E-state index contributed by atoms with van der Waals surface area (Å²) < 4.78 is 42.0. The molecule has 3 N–H and O–H groups in total. The summed E-state index contributed by atoms with van der Waals surface area (Å²) in [6.07, 6.45) is 1.43. The molecule has 0 spiro atoms. The molecular formula is C12H10Br2FN3O2S. The maximum atomic E-state index is 14.2. The van der Waals surface area contributed by atoms with E-state index in [1.165, 1.54) is 24.4 Å². The highest BCUT2D eigenvalue weighted by molar-refractivity contribution is 9.10. The van der Waals surface area contributed by atoms with Gasteiger partial charge >= 0.3 is 0 Å². The molecule has 0 unspecified atom stereocenters. The van der Waals surface area contributed by atoms with Crippen molar-refractivity contribution < 1.29 is 12.8 Å². The van der Waals surface area contributed by atoms with Crippen molar-refractivity contribution in [3.05, 3.63) is 50.8 Å². The molecule has 0 saturated heterocycles. The van der Waals surface area contributed by atoms with Crippen molar-refractivity contribution >= 4 is 47.7 Å². The molecule has 0 aliphatic heterocycles. The van der Waals surface area contributed by atoms with Gasteiger partial charge in [0.1, 0.15) is 16.5 Å². The van der Waals surface area contributed by atoms with Gasteiger partial charge in [-0.1, -0.05) is 15.9 Å². The van der Waals surface area contributed by atoms with Gasteiger partial charge in [-0.25, -0.2) is 17.8 Å². The molecule has 0 fully saturated rings. The van der Waals surface area contributed by atoms with E-state index in [-0.39, 0.29) is 17.9 Å². The maximum absolute atomic E-state index is 14.2. The number of halogens is 3. The average Bonchev–Trinajstić information content (AvgIpc) is 2.43. The Bertz CT molecular complexity index is 767. The van der Waals surface area contributed by atoms with Gasteiger partial charge in [0.2, 0.25) is 0 Å². The third-order valence-corrected chi connectivity index (χ3v) is 4.84. The van der Waals surface area contributed by atoms with Crippen LogP contribution in [0.4, 0.5) is 10.2 Å². The number of anilines is 1. The van der Waals surface area contributed by atoms with Crippen LogP contribution in [0.1, 0.15) is 5.56 Å². The van der Waals surface area contributed by atoms with Crippen molar-refractivity contribution in [1.82, 2.24) is 4.98 Å². The third-order valence-electron chi connectivity index (χ3n) is 2.56. The topological polar surface area (TPSA) is 85.1 Å². The molecule has 0 bridgehead atoms. The number of nitrogens with two attached hydrogens (primary N) is 1. The van der Waals surface area contributed by atoms with Crippen LogP contribution in [0.15, 0.2) is 44.3 Å². The molecule has 21 heavy (non-hydrogen) atoms. The number of nitrogens with one attached hydrogen (secondary N) is 1. The molecule has 0 saturated carbocycles. The van der Waals surface area contributed by atoms with Crippen LogP contribution in [0.25, 0.3) is 0 Å². The predicted octanol–water partition coefficient (Wildman–Crippen LogP) is 3.01. The van der Waals surface area contributed by atoms with Gasteiger partial charge in [0.15, 0.2) is 0 Å². The van der Waals surface area contributed by atoms with Gasteiger partial charge in [-0.2, -0.15) is 0 Å². The SMILES string of the molecule is NCc1cc(Br)cc(S(=O)(=O)Nc2ccc(Br)cn2)c1F. The Balaban J connectivity index is 2.44. The summed E-state index contributed by atoms with van der Waals surface area (Å²) in [5.41, 5.74) is 5.51. The van der Waals surface area contributed by atoms with Crippen LogP contribution in [0.5, 0.6) is 0 Å². The lowest BCUT2D eigenvalue weighted by Gasteiger charge is -2.11. The number of sulfonamides is 1. The smallest absolute Gasteiger partial charge is 0.266 e. The molecule has 9 heteroatoms. The van der Waals surface area contributed by atoms with Gasteiger partial charge in [-0.3, -0.25) is 4.72 Å². The van der Waals surface area contributed by atoms with E-state index in [2.05, 4.69) is 41.6 Å². The van der Waals surface area contributed by atoms with Crippen LogP contribution in [-0.2, 0) is 16.6 Å². The van der Waals surface area contributed by atoms with E-state index >= 15 is 0 Å². The molecule has 2 aromatic rings. The van der Waals surface area contributed by atoms with Gasteiger partial charge in [0.25, 0.3) is 10.0 Å². The second kappa shape index (κ2) is 6.39. The fraction of sp³-hybridized carbons (Fsp3) is 0.0833. The summed E-state index contributed by atoms with van der Waals surface area (Å²) in [4.78, 5) is 3.40. The first-order chi connectivity index (χ1) is 9.83. The van der Waals surface area contributed by atoms with Crippen LogP contribution < -0.4 is 10.5 Å². The first-order valence-electron chi connectivity index (χ1n) is 5.66. The summed E-state index contributed by atoms with van der Waals surface area (Å²) in [5, 5.41) is 0. The van der Waals surface area contributed by atoms with Crippen molar-refractivity contribution in [2.24, 2.45) is 5.73 Å². The molecule has 112 valence electrons. The Kier molecular flexibility index (Phi) is 4.97. The highest BCUT2D eigenvalue weighted by atomic mass is 79.9. The normalized spacial score (nSPS) is 11.4. The Labute approximate surface area is 138 Å². The molecule has 0 aliphatic carbocycles. The minimum absolute atomic E-state index is 0.0897. The van der Waals surface area contributed by atoms with Crippen LogP contribution in [0.2, 0.25) is 0 Å². The predicted molar refractivity (Wildman–Crippen MR) is 84.7 cm³/mol. The van der Waals surface area contributed by atoms with Crippen molar-refractivity contribution in [3.63, 3.8) is 0 Å². The number of rotatable bonds is 4. The molecule has 5 nitrogen and oxygen atoms in total. The number of hydrogen-bond acceptors (Lipinski definition) is 4. The molecule has 2 rings (SSSR count). The van der Waals surface area contributed by atoms with Crippen molar-refractivity contribution in [3.8, 4) is 0 Å². The molecule has 1 aromatic heterocycles. The Hall–Kier alpha value is -1.03. The Morgan fingerprint density at radius 1 is 1.24 bits per heavy atom. The average molecular weight is 439 g/mol. The Morgan fingerprint density at radius 2 is 1.95 bits per heavy atom. The zero-order valence-electron chi connectivity index (χ0n) is 10.5. The van der Waals surface area contributed by atoms with E-state index in [0.29, 0.717) is 8.95 Å². The van der Waals surface area contributed by atoms with E-state index in [1.807, 2.05) is 0 Å². The summed E-state index contributed by atoms with van der Waals surface area (Å²) in [6.45, 7) is -0.107. The van der Waals surface area contributed by atoms with E-state index in [1.54, 1.807) is 6.07 Å². The number of hydrogen-bond donors (Lipinski definition) is 2. The van der Waals surface area contributed by atoms with Crippen molar-refractivity contribution in [1.29, 1.82) is 0 Å². The molecule has 0 aliphatic rings. The second-order valence-electron chi connectivity index (χ2n) is 4.05. The van der Waals surface area contributed by atoms with Crippen LogP contribution >= 0.6 is 31.9 Å². The van der Waals surface area contributed by atoms with E-state index in [9.17, 15) is 12.8 Å².